The summed E-state index contributed by atoms with van der Waals surface area (Å²) in [5, 5.41) is 10.0. The van der Waals surface area contributed by atoms with Gasteiger partial charge in [-0.25, -0.2) is 4.79 Å². The maximum Gasteiger partial charge on any atom is 0.315 e. The minimum atomic E-state index is -0.304. The van der Waals surface area contributed by atoms with Gasteiger partial charge in [0.1, 0.15) is 23.9 Å². The Labute approximate surface area is 274 Å². The smallest absolute Gasteiger partial charge is 0.315 e. The fourth-order valence-corrected chi connectivity index (χ4v) is 6.01. The Hall–Kier alpha value is -4.71. The first-order valence-electron chi connectivity index (χ1n) is 16.0. The molecular formula is C36H41N5O6. The summed E-state index contributed by atoms with van der Waals surface area (Å²) < 4.78 is 23.7. The molecule has 0 unspecified atom stereocenters. The van der Waals surface area contributed by atoms with E-state index >= 15 is 0 Å². The highest BCUT2D eigenvalue weighted by Crippen LogP contribution is 2.29. The van der Waals surface area contributed by atoms with Gasteiger partial charge < -0.3 is 34.9 Å². The number of pyridine rings is 1. The van der Waals surface area contributed by atoms with E-state index in [9.17, 15) is 9.59 Å². The molecule has 1 aromatic heterocycles. The maximum atomic E-state index is 13.1. The molecule has 3 amide bonds. The first kappa shape index (κ1) is 32.2. The lowest BCUT2D eigenvalue weighted by Gasteiger charge is -2.39. The van der Waals surface area contributed by atoms with Gasteiger partial charge in [0.25, 0.3) is 5.91 Å². The van der Waals surface area contributed by atoms with Crippen molar-refractivity contribution in [1.82, 2.24) is 25.8 Å². The van der Waals surface area contributed by atoms with E-state index in [-0.39, 0.29) is 37.2 Å². The van der Waals surface area contributed by atoms with Gasteiger partial charge in [-0.3, -0.25) is 14.7 Å². The number of nitrogens with zero attached hydrogens (tertiary/aromatic N) is 2. The third-order valence-electron chi connectivity index (χ3n) is 8.41. The average Bonchev–Trinajstić information content (AvgIpc) is 3.08. The van der Waals surface area contributed by atoms with E-state index in [1.165, 1.54) is 5.56 Å². The van der Waals surface area contributed by atoms with Crippen LogP contribution >= 0.6 is 0 Å². The molecule has 3 N–H and O–H groups in total. The van der Waals surface area contributed by atoms with Crippen molar-refractivity contribution in [3.05, 3.63) is 95.2 Å². The number of fused-ring (bicyclic) bond motifs is 6. The van der Waals surface area contributed by atoms with E-state index in [2.05, 4.69) is 51.0 Å². The van der Waals surface area contributed by atoms with Gasteiger partial charge in [-0.05, 0) is 60.4 Å². The number of aromatic nitrogens is 1. The first-order valence-corrected chi connectivity index (χ1v) is 16.0. The number of hydrogen-bond donors (Lipinski definition) is 3. The molecule has 246 valence electrons. The van der Waals surface area contributed by atoms with Crippen LogP contribution in [0.15, 0.2) is 72.9 Å². The van der Waals surface area contributed by atoms with Crippen molar-refractivity contribution >= 4 is 22.8 Å². The van der Waals surface area contributed by atoms with Crippen LogP contribution in [0.2, 0.25) is 0 Å². The summed E-state index contributed by atoms with van der Waals surface area (Å²) in [6.07, 6.45) is 2.30. The summed E-state index contributed by atoms with van der Waals surface area (Å²) in [5.41, 5.74) is 4.69. The van der Waals surface area contributed by atoms with Gasteiger partial charge in [-0.15, -0.1) is 0 Å². The second-order valence-electron chi connectivity index (χ2n) is 11.9. The molecule has 2 aliphatic rings. The van der Waals surface area contributed by atoms with Gasteiger partial charge in [-0.2, -0.15) is 0 Å². The molecule has 0 saturated carbocycles. The lowest BCUT2D eigenvalue weighted by atomic mass is 9.99. The summed E-state index contributed by atoms with van der Waals surface area (Å²) in [6, 6.07) is 20.7. The molecule has 3 heterocycles. The van der Waals surface area contributed by atoms with Crippen molar-refractivity contribution < 1.29 is 28.5 Å². The number of piperidine rings is 1. The largest absolute Gasteiger partial charge is 0.491 e. The van der Waals surface area contributed by atoms with Gasteiger partial charge in [-0.1, -0.05) is 30.3 Å². The average molecular weight is 640 g/mol. The minimum Gasteiger partial charge on any atom is -0.491 e. The van der Waals surface area contributed by atoms with Crippen LogP contribution in [0.5, 0.6) is 17.2 Å². The van der Waals surface area contributed by atoms with Crippen LogP contribution in [0, 0.1) is 6.92 Å². The lowest BCUT2D eigenvalue weighted by molar-refractivity contribution is -0.0302. The zero-order valence-electron chi connectivity index (χ0n) is 26.8. The van der Waals surface area contributed by atoms with Crippen molar-refractivity contribution in [1.29, 1.82) is 0 Å². The zero-order valence-corrected chi connectivity index (χ0v) is 26.8. The van der Waals surface area contributed by atoms with Crippen molar-refractivity contribution in [2.75, 3.05) is 46.5 Å². The number of urea groups is 1. The van der Waals surface area contributed by atoms with Crippen LogP contribution in [0.25, 0.3) is 10.9 Å². The van der Waals surface area contributed by atoms with Crippen LogP contribution in [0.3, 0.4) is 0 Å². The van der Waals surface area contributed by atoms with Crippen LogP contribution in [-0.2, 0) is 22.6 Å². The minimum absolute atomic E-state index is 0.188. The molecule has 1 fully saturated rings. The fourth-order valence-electron chi connectivity index (χ4n) is 6.01. The highest BCUT2D eigenvalue weighted by molar-refractivity contribution is 5.95. The Kier molecular flexibility index (Phi) is 10.5. The number of hydrogen-bond acceptors (Lipinski definition) is 8. The van der Waals surface area contributed by atoms with E-state index in [4.69, 9.17) is 18.9 Å². The summed E-state index contributed by atoms with van der Waals surface area (Å²) >= 11 is 0. The Morgan fingerprint density at radius 2 is 1.87 bits per heavy atom. The Bertz CT molecular complexity index is 1710. The van der Waals surface area contributed by atoms with Crippen LogP contribution in [0.1, 0.15) is 33.5 Å². The molecule has 11 heteroatoms. The zero-order chi connectivity index (χ0) is 32.6. The van der Waals surface area contributed by atoms with E-state index in [1.54, 1.807) is 25.3 Å². The van der Waals surface area contributed by atoms with Gasteiger partial charge in [0.2, 0.25) is 0 Å². The molecule has 11 nitrogen and oxygen atoms in total. The molecule has 3 aromatic carbocycles. The molecule has 2 atom stereocenters. The number of rotatable bonds is 6. The molecule has 0 spiro atoms. The monoisotopic (exact) mass is 639 g/mol. The number of carbonyl (C=O) groups excluding carboxylic acids is 2. The molecule has 47 heavy (non-hydrogen) atoms. The normalized spacial score (nSPS) is 19.3. The second-order valence-corrected chi connectivity index (χ2v) is 11.9. The number of ether oxygens (including phenoxy) is 4. The van der Waals surface area contributed by atoms with Crippen LogP contribution in [0.4, 0.5) is 4.79 Å². The predicted octanol–water partition coefficient (Wildman–Crippen LogP) is 4.56. The summed E-state index contributed by atoms with van der Waals surface area (Å²) in [4.78, 5) is 33.0. The van der Waals surface area contributed by atoms with Crippen molar-refractivity contribution in [3.63, 3.8) is 0 Å². The van der Waals surface area contributed by atoms with Crippen molar-refractivity contribution in [2.45, 2.75) is 38.6 Å². The molecule has 2 aliphatic heterocycles. The Morgan fingerprint density at radius 3 is 2.77 bits per heavy atom. The number of amides is 3. The second kappa shape index (κ2) is 15.3. The topological polar surface area (TPSA) is 123 Å². The molecule has 6 rings (SSSR count). The summed E-state index contributed by atoms with van der Waals surface area (Å²) in [5.74, 6) is 1.25. The predicted molar refractivity (Wildman–Crippen MR) is 178 cm³/mol. The van der Waals surface area contributed by atoms with Gasteiger partial charge in [0.15, 0.2) is 0 Å². The standard InChI is InChI=1S/C36H41N5O6/c1-24-8-9-26(31-7-4-11-37-34(24)31)21-41-14-10-32-33(22-41)46-23-25-5-3-6-28(17-25)47-30-19-27(18-29(20-30)45-16-15-44-2)35(42)38-12-13-39-36(43)40-32/h3-9,11,17-20,32-33H,10,12-16,21-23H2,1-2H3,(H,38,42)(H2,39,40,43)/t32-,33-/m0/s1. The summed E-state index contributed by atoms with van der Waals surface area (Å²) in [6.45, 7) is 5.85. The number of carbonyl (C=O) groups is 2. The number of likely N-dealkylation sites (tertiary alicyclic amines) is 1. The van der Waals surface area contributed by atoms with Gasteiger partial charge in [0.05, 0.1) is 30.9 Å². The molecule has 4 aromatic rings. The third-order valence-corrected chi connectivity index (χ3v) is 8.41. The van der Waals surface area contributed by atoms with E-state index in [1.807, 2.05) is 36.5 Å². The van der Waals surface area contributed by atoms with E-state index in [0.29, 0.717) is 49.2 Å². The van der Waals surface area contributed by atoms with Gasteiger partial charge >= 0.3 is 6.03 Å². The SMILES string of the molecule is COCCOc1cc2cc(c1)C(=O)NCCNC(=O)N[C@H]1CCN(Cc3ccc(C)c4ncccc34)C[C@@H]1OCc1cccc(c1)O2. The summed E-state index contributed by atoms with van der Waals surface area (Å²) in [7, 11) is 1.60. The molecule has 0 radical (unpaired) electrons. The quantitative estimate of drug-likeness (QED) is 0.263. The molecule has 0 aliphatic carbocycles. The van der Waals surface area contributed by atoms with Crippen LogP contribution in [-0.4, -0.2) is 80.5 Å². The highest BCUT2D eigenvalue weighted by atomic mass is 16.5. The Morgan fingerprint density at radius 1 is 0.979 bits per heavy atom. The number of nitrogens with one attached hydrogen (secondary N) is 3. The van der Waals surface area contributed by atoms with Crippen molar-refractivity contribution in [2.24, 2.45) is 0 Å². The van der Waals surface area contributed by atoms with E-state index in [0.717, 1.165) is 41.5 Å². The lowest BCUT2D eigenvalue weighted by Crippen LogP contribution is -2.56. The van der Waals surface area contributed by atoms with Crippen LogP contribution < -0.4 is 25.4 Å². The van der Waals surface area contributed by atoms with E-state index < -0.39 is 0 Å². The van der Waals surface area contributed by atoms with Gasteiger partial charge in [0, 0.05) is 63.0 Å². The highest BCUT2D eigenvalue weighted by Gasteiger charge is 2.31. The number of benzene rings is 3. The maximum absolute atomic E-state index is 13.1. The molecule has 4 bridgehead atoms. The number of methoxy groups -OCH3 is 1. The first-order chi connectivity index (χ1) is 22.9. The fraction of sp³-hybridized carbons (Fsp3) is 0.361. The molecule has 1 saturated heterocycles. The third kappa shape index (κ3) is 8.37. The Balaban J connectivity index is 1.22. The van der Waals surface area contributed by atoms with Crippen molar-refractivity contribution in [3.8, 4) is 17.2 Å². The number of aryl methyl sites for hydroxylation is 1. The molecular weight excluding hydrogens is 598 g/mol.